The molecule has 5 nitrogen and oxygen atoms in total. The molecule has 0 fully saturated rings. The quantitative estimate of drug-likeness (QED) is 0.803. The number of carboxylic acid groups (broad SMARTS) is 1. The van der Waals surface area contributed by atoms with E-state index < -0.39 is 23.7 Å². The van der Waals surface area contributed by atoms with Crippen LogP contribution in [-0.2, 0) is 9.59 Å². The molecule has 1 heterocycles. The van der Waals surface area contributed by atoms with Gasteiger partial charge in [-0.25, -0.2) is 4.79 Å². The van der Waals surface area contributed by atoms with Crippen molar-refractivity contribution in [2.75, 3.05) is 4.90 Å². The van der Waals surface area contributed by atoms with Gasteiger partial charge in [-0.15, -0.1) is 0 Å². The molecule has 1 unspecified atom stereocenters. The predicted molar refractivity (Wildman–Crippen MR) is 70.8 cm³/mol. The number of carbonyl (C=O) groups is 3. The Morgan fingerprint density at radius 2 is 1.94 bits per heavy atom. The zero-order chi connectivity index (χ0) is 13.6. The number of hydrogen-bond acceptors (Lipinski definition) is 3. The van der Waals surface area contributed by atoms with E-state index in [0.29, 0.717) is 14.6 Å². The van der Waals surface area contributed by atoms with Crippen LogP contribution in [-0.4, -0.2) is 28.8 Å². The summed E-state index contributed by atoms with van der Waals surface area (Å²) in [4.78, 5) is 35.7. The second kappa shape index (κ2) is 4.47. The molecule has 1 aliphatic rings. The molecule has 1 amide bonds. The minimum atomic E-state index is -1.17. The van der Waals surface area contributed by atoms with Crippen molar-refractivity contribution >= 4 is 55.2 Å². The number of benzene rings is 1. The van der Waals surface area contributed by atoms with Gasteiger partial charge >= 0.3 is 5.97 Å². The summed E-state index contributed by atoms with van der Waals surface area (Å²) in [7, 11) is 0. The number of carbonyl (C=O) groups excluding carboxylic acids is 2. The molecule has 2 rings (SSSR count). The minimum Gasteiger partial charge on any atom is -0.480 e. The Morgan fingerprint density at radius 1 is 1.33 bits per heavy atom. The van der Waals surface area contributed by atoms with Gasteiger partial charge in [-0.2, -0.15) is 0 Å². The zero-order valence-corrected chi connectivity index (χ0v) is 12.3. The number of Topliss-reactive ketones (excluding diaryl/α,β-unsaturated/α-hetero) is 1. The number of ketones is 1. The van der Waals surface area contributed by atoms with Crippen molar-refractivity contribution in [2.24, 2.45) is 0 Å². The summed E-state index contributed by atoms with van der Waals surface area (Å²) in [6.45, 7) is 1.36. The number of anilines is 1. The van der Waals surface area contributed by atoms with Gasteiger partial charge in [0.05, 0.1) is 11.3 Å². The summed E-state index contributed by atoms with van der Waals surface area (Å²) in [6.07, 6.45) is 0. The fraction of sp³-hybridized carbons (Fsp3) is 0.182. The fourth-order valence-electron chi connectivity index (χ4n) is 1.79. The van der Waals surface area contributed by atoms with Crippen molar-refractivity contribution in [3.05, 3.63) is 26.6 Å². The monoisotopic (exact) mass is 375 g/mol. The highest BCUT2D eigenvalue weighted by atomic mass is 79.9. The van der Waals surface area contributed by atoms with Gasteiger partial charge in [0.2, 0.25) is 0 Å². The molecule has 1 N–H and O–H groups in total. The average Bonchev–Trinajstić information content (AvgIpc) is 2.52. The summed E-state index contributed by atoms with van der Waals surface area (Å²) in [5, 5.41) is 8.99. The van der Waals surface area contributed by atoms with E-state index in [-0.39, 0.29) is 5.56 Å². The van der Waals surface area contributed by atoms with Crippen LogP contribution in [0.2, 0.25) is 0 Å². The fourth-order valence-corrected chi connectivity index (χ4v) is 3.21. The second-order valence-electron chi connectivity index (χ2n) is 3.80. The van der Waals surface area contributed by atoms with Gasteiger partial charge < -0.3 is 5.11 Å². The van der Waals surface area contributed by atoms with E-state index in [1.807, 2.05) is 0 Å². The molecule has 0 aliphatic carbocycles. The predicted octanol–water partition coefficient (Wildman–Crippen LogP) is 2.21. The molecule has 0 bridgehead atoms. The van der Waals surface area contributed by atoms with Crippen molar-refractivity contribution in [1.82, 2.24) is 0 Å². The number of nitrogens with zero attached hydrogens (tertiary/aromatic N) is 1. The Labute approximate surface area is 119 Å². The SMILES string of the molecule is CC(C(=O)O)N1C(=O)C(=O)c2cc(Br)cc(Br)c21. The van der Waals surface area contributed by atoms with Crippen LogP contribution in [0.4, 0.5) is 5.69 Å². The number of fused-ring (bicyclic) bond motifs is 1. The number of aliphatic carboxylic acids is 1. The van der Waals surface area contributed by atoms with E-state index in [4.69, 9.17) is 5.11 Å². The molecule has 0 aromatic heterocycles. The van der Waals surface area contributed by atoms with E-state index in [1.54, 1.807) is 6.07 Å². The molecular formula is C11H7Br2NO4. The normalized spacial score (nSPS) is 15.8. The van der Waals surface area contributed by atoms with Crippen LogP contribution in [0.3, 0.4) is 0 Å². The lowest BCUT2D eigenvalue weighted by Crippen LogP contribution is -2.42. The first-order valence-electron chi connectivity index (χ1n) is 4.94. The van der Waals surface area contributed by atoms with Gasteiger partial charge in [-0.3, -0.25) is 14.5 Å². The van der Waals surface area contributed by atoms with Gasteiger partial charge in [0.1, 0.15) is 6.04 Å². The number of carboxylic acids is 1. The van der Waals surface area contributed by atoms with Crippen LogP contribution in [0, 0.1) is 0 Å². The maximum Gasteiger partial charge on any atom is 0.326 e. The standard InChI is InChI=1S/C11H7Br2NO4/c1-4(11(17)18)14-8-6(9(15)10(14)16)2-5(12)3-7(8)13/h2-4H,1H3,(H,17,18). The number of hydrogen-bond donors (Lipinski definition) is 1. The van der Waals surface area contributed by atoms with Crippen molar-refractivity contribution in [3.8, 4) is 0 Å². The molecule has 0 radical (unpaired) electrons. The molecule has 0 saturated carbocycles. The molecule has 1 aromatic carbocycles. The maximum atomic E-state index is 11.8. The molecule has 1 atom stereocenters. The summed E-state index contributed by atoms with van der Waals surface area (Å²) < 4.78 is 1.14. The smallest absolute Gasteiger partial charge is 0.326 e. The van der Waals surface area contributed by atoms with Gasteiger partial charge in [-0.1, -0.05) is 15.9 Å². The molecule has 0 saturated heterocycles. The number of halogens is 2. The maximum absolute atomic E-state index is 11.8. The van der Waals surface area contributed by atoms with Crippen LogP contribution in [0.25, 0.3) is 0 Å². The Balaban J connectivity index is 2.65. The van der Waals surface area contributed by atoms with Crippen LogP contribution >= 0.6 is 31.9 Å². The van der Waals surface area contributed by atoms with Gasteiger partial charge in [0.15, 0.2) is 0 Å². The van der Waals surface area contributed by atoms with Gasteiger partial charge in [0, 0.05) is 8.95 Å². The highest BCUT2D eigenvalue weighted by Crippen LogP contribution is 2.39. The first-order valence-corrected chi connectivity index (χ1v) is 6.53. The molecule has 0 spiro atoms. The van der Waals surface area contributed by atoms with Crippen LogP contribution < -0.4 is 4.90 Å². The van der Waals surface area contributed by atoms with Crippen LogP contribution in [0.5, 0.6) is 0 Å². The molecule has 1 aromatic rings. The van der Waals surface area contributed by atoms with Crippen LogP contribution in [0.15, 0.2) is 21.1 Å². The first-order chi connectivity index (χ1) is 8.34. The Bertz CT molecular complexity index is 585. The first kappa shape index (κ1) is 13.2. The number of rotatable bonds is 2. The highest BCUT2D eigenvalue weighted by Gasteiger charge is 2.42. The molecule has 18 heavy (non-hydrogen) atoms. The minimum absolute atomic E-state index is 0.203. The lowest BCUT2D eigenvalue weighted by Gasteiger charge is -2.21. The van der Waals surface area contributed by atoms with E-state index in [0.717, 1.165) is 4.90 Å². The average molecular weight is 377 g/mol. The third kappa shape index (κ3) is 1.87. The topological polar surface area (TPSA) is 74.7 Å². The van der Waals surface area contributed by atoms with Crippen molar-refractivity contribution in [1.29, 1.82) is 0 Å². The van der Waals surface area contributed by atoms with Crippen molar-refractivity contribution < 1.29 is 19.5 Å². The lowest BCUT2D eigenvalue weighted by atomic mass is 10.1. The van der Waals surface area contributed by atoms with Gasteiger partial charge in [-0.05, 0) is 35.0 Å². The molecular weight excluding hydrogens is 370 g/mol. The molecule has 94 valence electrons. The summed E-state index contributed by atoms with van der Waals surface area (Å²) in [5.74, 6) is -2.68. The van der Waals surface area contributed by atoms with E-state index >= 15 is 0 Å². The summed E-state index contributed by atoms with van der Waals surface area (Å²) in [5.41, 5.74) is 0.512. The van der Waals surface area contributed by atoms with E-state index in [2.05, 4.69) is 31.9 Å². The molecule has 7 heteroatoms. The third-order valence-corrected chi connectivity index (χ3v) is 3.73. The number of amides is 1. The van der Waals surface area contributed by atoms with E-state index in [9.17, 15) is 14.4 Å². The third-order valence-electron chi connectivity index (χ3n) is 2.67. The van der Waals surface area contributed by atoms with Gasteiger partial charge in [0.25, 0.3) is 11.7 Å². The van der Waals surface area contributed by atoms with Crippen molar-refractivity contribution in [2.45, 2.75) is 13.0 Å². The summed E-state index contributed by atoms with van der Waals surface area (Å²) >= 11 is 6.46. The van der Waals surface area contributed by atoms with Crippen molar-refractivity contribution in [3.63, 3.8) is 0 Å². The lowest BCUT2D eigenvalue weighted by molar-refractivity contribution is -0.139. The highest BCUT2D eigenvalue weighted by molar-refractivity contribution is 9.11. The molecule has 1 aliphatic heterocycles. The zero-order valence-electron chi connectivity index (χ0n) is 9.11. The Morgan fingerprint density at radius 3 is 2.50 bits per heavy atom. The Hall–Kier alpha value is -1.21. The van der Waals surface area contributed by atoms with E-state index in [1.165, 1.54) is 13.0 Å². The largest absolute Gasteiger partial charge is 0.480 e. The Kier molecular flexibility index (Phi) is 3.29. The summed E-state index contributed by atoms with van der Waals surface area (Å²) in [6, 6.07) is 2.07. The van der Waals surface area contributed by atoms with Crippen LogP contribution in [0.1, 0.15) is 17.3 Å². The second-order valence-corrected chi connectivity index (χ2v) is 5.57.